The maximum atomic E-state index is 12.3. The molecule has 0 fully saturated rings. The molecule has 0 bridgehead atoms. The van der Waals surface area contributed by atoms with Crippen LogP contribution in [0.1, 0.15) is 19.4 Å². The van der Waals surface area contributed by atoms with Crippen molar-refractivity contribution in [1.82, 2.24) is 4.98 Å². The first kappa shape index (κ1) is 16.9. The van der Waals surface area contributed by atoms with Crippen LogP contribution >= 0.6 is 0 Å². The summed E-state index contributed by atoms with van der Waals surface area (Å²) in [6.45, 7) is 5.56. The summed E-state index contributed by atoms with van der Waals surface area (Å²) in [6.07, 6.45) is -4.81. The van der Waals surface area contributed by atoms with E-state index in [2.05, 4.69) is 9.72 Å². The van der Waals surface area contributed by atoms with E-state index in [1.54, 1.807) is 6.92 Å². The summed E-state index contributed by atoms with van der Waals surface area (Å²) >= 11 is 0. The molecule has 0 radical (unpaired) electrons. The topological polar surface area (TPSA) is 51.3 Å². The van der Waals surface area contributed by atoms with Gasteiger partial charge in [-0.1, -0.05) is 13.8 Å². The lowest BCUT2D eigenvalue weighted by Crippen LogP contribution is -2.17. The molecule has 2 rings (SSSR count). The second kappa shape index (κ2) is 6.51. The molecule has 0 saturated heterocycles. The van der Waals surface area contributed by atoms with Crippen molar-refractivity contribution in [3.8, 4) is 11.5 Å². The Morgan fingerprint density at radius 1 is 1.10 bits per heavy atom. The Bertz CT molecular complexity index is 677. The zero-order valence-corrected chi connectivity index (χ0v) is 12.1. The Balaban J connectivity index is 0.00000106. The van der Waals surface area contributed by atoms with Crippen molar-refractivity contribution < 1.29 is 22.6 Å². The summed E-state index contributed by atoms with van der Waals surface area (Å²) < 4.78 is 45.5. The van der Waals surface area contributed by atoms with E-state index in [4.69, 9.17) is 4.74 Å². The molecule has 7 heteroatoms. The van der Waals surface area contributed by atoms with Gasteiger partial charge in [0.2, 0.25) is 0 Å². The molecular weight excluding hydrogens is 287 g/mol. The molecule has 1 aromatic carbocycles. The van der Waals surface area contributed by atoms with Crippen molar-refractivity contribution in [1.29, 1.82) is 0 Å². The molecule has 116 valence electrons. The quantitative estimate of drug-likeness (QED) is 0.918. The Labute approximate surface area is 119 Å². The van der Waals surface area contributed by atoms with Gasteiger partial charge in [0.25, 0.3) is 5.56 Å². The highest BCUT2D eigenvalue weighted by Gasteiger charge is 2.32. The van der Waals surface area contributed by atoms with E-state index in [9.17, 15) is 18.0 Å². The first-order valence-corrected chi connectivity index (χ1v) is 6.27. The number of alkyl halides is 3. The number of ether oxygens (including phenoxy) is 2. The third-order valence-electron chi connectivity index (χ3n) is 2.54. The lowest BCUT2D eigenvalue weighted by atomic mass is 10.1. The summed E-state index contributed by atoms with van der Waals surface area (Å²) in [5.74, 6) is -0.557. The van der Waals surface area contributed by atoms with Crippen LogP contribution in [-0.2, 0) is 0 Å². The number of aromatic nitrogens is 1. The minimum absolute atomic E-state index is 0.107. The minimum Gasteiger partial charge on any atom is -0.493 e. The first-order valence-electron chi connectivity index (χ1n) is 6.27. The highest BCUT2D eigenvalue weighted by molar-refractivity contribution is 5.83. The van der Waals surface area contributed by atoms with Gasteiger partial charge in [0.15, 0.2) is 11.5 Å². The summed E-state index contributed by atoms with van der Waals surface area (Å²) in [7, 11) is 1.22. The second-order valence-corrected chi connectivity index (χ2v) is 3.92. The van der Waals surface area contributed by atoms with E-state index >= 15 is 0 Å². The van der Waals surface area contributed by atoms with Crippen molar-refractivity contribution in [3.05, 3.63) is 34.1 Å². The van der Waals surface area contributed by atoms with Gasteiger partial charge in [-0.3, -0.25) is 4.79 Å². The van der Waals surface area contributed by atoms with Crippen LogP contribution in [0, 0.1) is 6.92 Å². The maximum Gasteiger partial charge on any atom is 0.573 e. The number of methoxy groups -OCH3 is 1. The highest BCUT2D eigenvalue weighted by atomic mass is 19.4. The molecule has 0 amide bonds. The third-order valence-corrected chi connectivity index (χ3v) is 2.54. The average molecular weight is 303 g/mol. The molecule has 0 spiro atoms. The van der Waals surface area contributed by atoms with E-state index in [1.807, 2.05) is 13.8 Å². The molecule has 0 atom stereocenters. The number of fused-ring (bicyclic) bond motifs is 1. The molecule has 0 aliphatic heterocycles. The largest absolute Gasteiger partial charge is 0.573 e. The molecule has 0 aliphatic rings. The van der Waals surface area contributed by atoms with Gasteiger partial charge < -0.3 is 14.5 Å². The third kappa shape index (κ3) is 4.14. The van der Waals surface area contributed by atoms with E-state index < -0.39 is 12.1 Å². The fourth-order valence-electron chi connectivity index (χ4n) is 1.69. The Morgan fingerprint density at radius 3 is 2.24 bits per heavy atom. The van der Waals surface area contributed by atoms with Gasteiger partial charge in [-0.05, 0) is 19.1 Å². The van der Waals surface area contributed by atoms with Crippen molar-refractivity contribution in [2.75, 3.05) is 7.11 Å². The molecular formula is C14H16F3NO3. The van der Waals surface area contributed by atoms with Crippen molar-refractivity contribution in [2.24, 2.45) is 0 Å². The zero-order chi connectivity index (χ0) is 16.2. The predicted molar refractivity (Wildman–Crippen MR) is 73.9 cm³/mol. The lowest BCUT2D eigenvalue weighted by molar-refractivity contribution is -0.275. The van der Waals surface area contributed by atoms with Gasteiger partial charge >= 0.3 is 6.36 Å². The molecule has 4 nitrogen and oxygen atoms in total. The second-order valence-electron chi connectivity index (χ2n) is 3.92. The molecule has 0 saturated carbocycles. The van der Waals surface area contributed by atoms with Crippen molar-refractivity contribution in [3.63, 3.8) is 0 Å². The summed E-state index contributed by atoms with van der Waals surface area (Å²) in [5.41, 5.74) is 0.469. The number of H-pyrrole nitrogens is 1. The van der Waals surface area contributed by atoms with Gasteiger partial charge in [-0.2, -0.15) is 0 Å². The number of benzene rings is 1. The number of aromatic amines is 1. The monoisotopic (exact) mass is 303 g/mol. The van der Waals surface area contributed by atoms with Crippen molar-refractivity contribution in [2.45, 2.75) is 27.1 Å². The van der Waals surface area contributed by atoms with E-state index in [-0.39, 0.29) is 11.3 Å². The number of rotatable bonds is 2. The van der Waals surface area contributed by atoms with Gasteiger partial charge in [-0.25, -0.2) is 0 Å². The van der Waals surface area contributed by atoms with Crippen LogP contribution < -0.4 is 15.0 Å². The van der Waals surface area contributed by atoms with Gasteiger partial charge in [0, 0.05) is 17.0 Å². The standard InChI is InChI=1S/C12H10F3NO3.C2H6/c1-6-3-7-4-10(19-12(13,14)15)9(18-2)5-8(7)16-11(6)17;1-2/h3-5H,1-2H3,(H,16,17);1-2H3. The smallest absolute Gasteiger partial charge is 0.493 e. The summed E-state index contributed by atoms with van der Waals surface area (Å²) in [5, 5.41) is 0.428. The molecule has 1 heterocycles. The average Bonchev–Trinajstić information content (AvgIpc) is 2.40. The maximum absolute atomic E-state index is 12.3. The Morgan fingerprint density at radius 2 is 1.71 bits per heavy atom. The summed E-state index contributed by atoms with van der Waals surface area (Å²) in [6, 6.07) is 3.94. The predicted octanol–water partition coefficient (Wildman–Crippen LogP) is 3.77. The molecule has 1 aromatic heterocycles. The van der Waals surface area contributed by atoms with Crippen LogP contribution in [0.4, 0.5) is 13.2 Å². The SMILES string of the molecule is CC.COc1cc2[nH]c(=O)c(C)cc2cc1OC(F)(F)F. The summed E-state index contributed by atoms with van der Waals surface area (Å²) in [4.78, 5) is 14.0. The van der Waals surface area contributed by atoms with Crippen LogP contribution in [0.15, 0.2) is 23.0 Å². The Kier molecular flexibility index (Phi) is 5.23. The van der Waals surface area contributed by atoms with Crippen LogP contribution in [0.25, 0.3) is 10.9 Å². The van der Waals surface area contributed by atoms with E-state index in [0.29, 0.717) is 16.5 Å². The Hall–Kier alpha value is -2.18. The van der Waals surface area contributed by atoms with Crippen LogP contribution in [0.5, 0.6) is 11.5 Å². The fourth-order valence-corrected chi connectivity index (χ4v) is 1.69. The van der Waals surface area contributed by atoms with Gasteiger partial charge in [0.05, 0.1) is 12.6 Å². The van der Waals surface area contributed by atoms with E-state index in [1.165, 1.54) is 25.3 Å². The molecule has 0 unspecified atom stereocenters. The number of pyridine rings is 1. The minimum atomic E-state index is -4.81. The molecule has 0 aliphatic carbocycles. The van der Waals surface area contributed by atoms with Gasteiger partial charge in [0.1, 0.15) is 0 Å². The van der Waals surface area contributed by atoms with E-state index in [0.717, 1.165) is 0 Å². The van der Waals surface area contributed by atoms with Gasteiger partial charge in [-0.15, -0.1) is 13.2 Å². The van der Waals surface area contributed by atoms with Crippen LogP contribution in [0.2, 0.25) is 0 Å². The normalized spacial score (nSPS) is 10.8. The van der Waals surface area contributed by atoms with Crippen LogP contribution in [0.3, 0.4) is 0 Å². The lowest BCUT2D eigenvalue weighted by Gasteiger charge is -2.13. The number of aryl methyl sites for hydroxylation is 1. The van der Waals surface area contributed by atoms with Crippen molar-refractivity contribution >= 4 is 10.9 Å². The fraction of sp³-hybridized carbons (Fsp3) is 0.357. The zero-order valence-electron chi connectivity index (χ0n) is 12.1. The molecule has 1 N–H and O–H groups in total. The highest BCUT2D eigenvalue weighted by Crippen LogP contribution is 2.35. The number of halogens is 3. The molecule has 2 aromatic rings. The first-order chi connectivity index (χ1) is 9.80. The molecule has 21 heavy (non-hydrogen) atoms. The number of nitrogens with one attached hydrogen (secondary N) is 1. The number of hydrogen-bond acceptors (Lipinski definition) is 3. The van der Waals surface area contributed by atoms with Crippen LogP contribution in [-0.4, -0.2) is 18.5 Å². The number of hydrogen-bond donors (Lipinski definition) is 1.